The predicted molar refractivity (Wildman–Crippen MR) is 152 cm³/mol. The van der Waals surface area contributed by atoms with Crippen molar-refractivity contribution in [3.63, 3.8) is 0 Å². The average Bonchev–Trinajstić information content (AvgIpc) is 3.50. The first-order chi connectivity index (χ1) is 18.5. The minimum atomic E-state index is -0.767. The lowest BCUT2D eigenvalue weighted by Crippen LogP contribution is -2.34. The molecule has 2 atom stereocenters. The zero-order valence-electron chi connectivity index (χ0n) is 20.9. The van der Waals surface area contributed by atoms with Gasteiger partial charge in [-0.25, -0.2) is 4.39 Å². The molecule has 4 aromatic carbocycles. The summed E-state index contributed by atoms with van der Waals surface area (Å²) in [6, 6.07) is 30.2. The van der Waals surface area contributed by atoms with Gasteiger partial charge in [0.1, 0.15) is 5.82 Å². The fourth-order valence-electron chi connectivity index (χ4n) is 5.18. The first-order valence-corrected chi connectivity index (χ1v) is 13.4. The lowest BCUT2D eigenvalue weighted by atomic mass is 10.0. The van der Waals surface area contributed by atoms with Crippen LogP contribution in [-0.2, 0) is 13.0 Å². The number of halogens is 1. The highest BCUT2D eigenvalue weighted by molar-refractivity contribution is 7.22. The molecule has 1 aliphatic carbocycles. The number of nitrogens with one attached hydrogen (secondary N) is 1. The molecule has 1 aliphatic rings. The molecule has 1 aromatic heterocycles. The number of rotatable bonds is 6. The van der Waals surface area contributed by atoms with Crippen molar-refractivity contribution in [3.8, 4) is 11.1 Å². The van der Waals surface area contributed by atoms with E-state index < -0.39 is 23.9 Å². The number of carbonyl (C=O) groups is 1. The maximum atomic E-state index is 15.0. The van der Waals surface area contributed by atoms with Crippen LogP contribution in [0.15, 0.2) is 97.1 Å². The Labute approximate surface area is 225 Å². The number of hydrogen-bond acceptors (Lipinski definition) is 4. The molecule has 1 heterocycles. The topological polar surface area (TPSA) is 52.6 Å². The first kappa shape index (κ1) is 24.3. The molecule has 190 valence electrons. The van der Waals surface area contributed by atoms with E-state index in [2.05, 4.69) is 47.6 Å². The Kier molecular flexibility index (Phi) is 6.44. The van der Waals surface area contributed by atoms with Gasteiger partial charge < -0.3 is 15.3 Å². The van der Waals surface area contributed by atoms with E-state index in [9.17, 15) is 14.3 Å². The summed E-state index contributed by atoms with van der Waals surface area (Å²) in [5.41, 5.74) is 4.51. The zero-order chi connectivity index (χ0) is 26.2. The van der Waals surface area contributed by atoms with Crippen LogP contribution in [0.2, 0.25) is 0 Å². The van der Waals surface area contributed by atoms with Gasteiger partial charge in [-0.15, -0.1) is 11.3 Å². The number of anilines is 1. The molecule has 6 heteroatoms. The van der Waals surface area contributed by atoms with Crippen molar-refractivity contribution >= 4 is 32.3 Å². The standard InChI is InChI=1S/C32H27FN2O2S/c1-35(30-18-24-9-5-6-10-29(24)38-30)19-20-11-12-23-17-28(36)31(26(23)15-20)34-32(37)25-14-13-22(16-27(25)33)21-7-3-2-4-8-21/h2-16,18,28,31,36H,17,19H2,1H3,(H,34,37)/t28-,31-/m1/s1. The van der Waals surface area contributed by atoms with Crippen LogP contribution in [-0.4, -0.2) is 24.2 Å². The van der Waals surface area contributed by atoms with Gasteiger partial charge in [-0.1, -0.05) is 72.8 Å². The van der Waals surface area contributed by atoms with Crippen molar-refractivity contribution in [2.45, 2.75) is 25.1 Å². The zero-order valence-corrected chi connectivity index (χ0v) is 21.7. The summed E-state index contributed by atoms with van der Waals surface area (Å²) >= 11 is 1.75. The molecule has 0 radical (unpaired) electrons. The van der Waals surface area contributed by atoms with Crippen molar-refractivity contribution < 1.29 is 14.3 Å². The molecule has 0 saturated carbocycles. The monoisotopic (exact) mass is 522 g/mol. The highest BCUT2D eigenvalue weighted by atomic mass is 32.1. The van der Waals surface area contributed by atoms with Crippen molar-refractivity contribution in [2.75, 3.05) is 11.9 Å². The second kappa shape index (κ2) is 10.0. The molecule has 6 rings (SSSR count). The number of fused-ring (bicyclic) bond motifs is 2. The van der Waals surface area contributed by atoms with E-state index in [0.717, 1.165) is 22.3 Å². The van der Waals surface area contributed by atoms with Crippen LogP contribution < -0.4 is 10.2 Å². The summed E-state index contributed by atoms with van der Waals surface area (Å²) < 4.78 is 16.2. The Bertz CT molecular complexity index is 1600. The number of thiophene rings is 1. The Balaban J connectivity index is 1.20. The number of aliphatic hydroxyl groups is 1. The summed E-state index contributed by atoms with van der Waals surface area (Å²) in [7, 11) is 2.06. The van der Waals surface area contributed by atoms with Crippen LogP contribution in [0.5, 0.6) is 0 Å². The number of aliphatic hydroxyl groups excluding tert-OH is 1. The van der Waals surface area contributed by atoms with Crippen molar-refractivity contribution in [1.29, 1.82) is 0 Å². The van der Waals surface area contributed by atoms with Crippen LogP contribution >= 0.6 is 11.3 Å². The fraction of sp³-hybridized carbons (Fsp3) is 0.156. The van der Waals surface area contributed by atoms with Gasteiger partial charge in [0, 0.05) is 24.7 Å². The van der Waals surface area contributed by atoms with Crippen molar-refractivity contribution in [3.05, 3.63) is 125 Å². The molecule has 1 amide bonds. The molecular formula is C32H27FN2O2S. The summed E-state index contributed by atoms with van der Waals surface area (Å²) in [5, 5.41) is 16.1. The summed E-state index contributed by atoms with van der Waals surface area (Å²) in [6.07, 6.45) is -0.321. The number of amides is 1. The first-order valence-electron chi connectivity index (χ1n) is 12.6. The highest BCUT2D eigenvalue weighted by Crippen LogP contribution is 2.35. The van der Waals surface area contributed by atoms with Gasteiger partial charge in [0.15, 0.2) is 0 Å². The molecule has 2 N–H and O–H groups in total. The van der Waals surface area contributed by atoms with Gasteiger partial charge in [0.25, 0.3) is 5.91 Å². The average molecular weight is 523 g/mol. The van der Waals surface area contributed by atoms with E-state index in [-0.39, 0.29) is 5.56 Å². The molecule has 5 aromatic rings. The summed E-state index contributed by atoms with van der Waals surface area (Å²) in [4.78, 5) is 15.3. The smallest absolute Gasteiger partial charge is 0.254 e. The lowest BCUT2D eigenvalue weighted by molar-refractivity contribution is 0.0854. The lowest BCUT2D eigenvalue weighted by Gasteiger charge is -2.20. The Morgan fingerprint density at radius 1 is 0.974 bits per heavy atom. The largest absolute Gasteiger partial charge is 0.390 e. The number of benzene rings is 4. The Morgan fingerprint density at radius 3 is 2.55 bits per heavy atom. The Morgan fingerprint density at radius 2 is 1.76 bits per heavy atom. The maximum Gasteiger partial charge on any atom is 0.254 e. The molecular weight excluding hydrogens is 495 g/mol. The van der Waals surface area contributed by atoms with E-state index in [1.54, 1.807) is 17.4 Å². The summed E-state index contributed by atoms with van der Waals surface area (Å²) in [6.45, 7) is 0.687. The van der Waals surface area contributed by atoms with Gasteiger partial charge in [-0.2, -0.15) is 0 Å². The Hall–Kier alpha value is -4.00. The normalized spacial score (nSPS) is 16.4. The minimum Gasteiger partial charge on any atom is -0.390 e. The third-order valence-electron chi connectivity index (χ3n) is 7.18. The second-order valence-electron chi connectivity index (χ2n) is 9.79. The van der Waals surface area contributed by atoms with Gasteiger partial charge >= 0.3 is 0 Å². The van der Waals surface area contributed by atoms with Crippen LogP contribution in [0.25, 0.3) is 21.2 Å². The molecule has 0 bridgehead atoms. The molecule has 0 saturated heterocycles. The van der Waals surface area contributed by atoms with E-state index >= 15 is 0 Å². The molecule has 0 aliphatic heterocycles. The third kappa shape index (κ3) is 4.69. The molecule has 0 spiro atoms. The highest BCUT2D eigenvalue weighted by Gasteiger charge is 2.33. The maximum absolute atomic E-state index is 15.0. The number of hydrogen-bond donors (Lipinski definition) is 2. The number of nitrogens with zero attached hydrogens (tertiary/aromatic N) is 1. The van der Waals surface area contributed by atoms with Crippen LogP contribution in [0.4, 0.5) is 9.39 Å². The number of carbonyl (C=O) groups excluding carboxylic acids is 1. The minimum absolute atomic E-state index is 0.0361. The van der Waals surface area contributed by atoms with E-state index in [1.807, 2.05) is 48.5 Å². The SMILES string of the molecule is CN(Cc1ccc2c(c1)[C@@H](NC(=O)c1ccc(-c3ccccc3)cc1F)[C@H](O)C2)c1cc2ccccc2s1. The van der Waals surface area contributed by atoms with Crippen LogP contribution in [0.3, 0.4) is 0 Å². The third-order valence-corrected chi connectivity index (χ3v) is 8.41. The summed E-state index contributed by atoms with van der Waals surface area (Å²) in [5.74, 6) is -1.12. The van der Waals surface area contributed by atoms with E-state index in [4.69, 9.17) is 0 Å². The van der Waals surface area contributed by atoms with Crippen LogP contribution in [0.1, 0.15) is 33.1 Å². The molecule has 4 nitrogen and oxygen atoms in total. The molecule has 38 heavy (non-hydrogen) atoms. The molecule has 0 unspecified atom stereocenters. The second-order valence-corrected chi connectivity index (χ2v) is 10.9. The van der Waals surface area contributed by atoms with Gasteiger partial charge in [0.05, 0.1) is 22.7 Å². The van der Waals surface area contributed by atoms with E-state index in [0.29, 0.717) is 18.5 Å². The van der Waals surface area contributed by atoms with Gasteiger partial charge in [0.2, 0.25) is 0 Å². The van der Waals surface area contributed by atoms with Gasteiger partial charge in [-0.05, 0) is 57.5 Å². The van der Waals surface area contributed by atoms with Gasteiger partial charge in [-0.3, -0.25) is 4.79 Å². The molecule has 0 fully saturated rings. The quantitative estimate of drug-likeness (QED) is 0.260. The van der Waals surface area contributed by atoms with E-state index in [1.165, 1.54) is 27.2 Å². The predicted octanol–water partition coefficient (Wildman–Crippen LogP) is 6.73. The van der Waals surface area contributed by atoms with Crippen molar-refractivity contribution in [2.24, 2.45) is 0 Å². The van der Waals surface area contributed by atoms with Crippen molar-refractivity contribution in [1.82, 2.24) is 5.32 Å². The fourth-order valence-corrected chi connectivity index (χ4v) is 6.20. The van der Waals surface area contributed by atoms with Crippen LogP contribution in [0, 0.1) is 5.82 Å².